The van der Waals surface area contributed by atoms with Crippen molar-refractivity contribution in [2.45, 2.75) is 65.0 Å². The van der Waals surface area contributed by atoms with Crippen LogP contribution >= 0.6 is 0 Å². The van der Waals surface area contributed by atoms with E-state index in [0.717, 1.165) is 50.2 Å². The van der Waals surface area contributed by atoms with Gasteiger partial charge in [0.2, 0.25) is 11.9 Å². The Hall–Kier alpha value is -3.40. The molecule has 0 bridgehead atoms. The van der Waals surface area contributed by atoms with Crippen molar-refractivity contribution in [1.29, 1.82) is 0 Å². The number of carbonyl (C=O) groups is 2. The number of benzene rings is 1. The van der Waals surface area contributed by atoms with Gasteiger partial charge in [-0.25, -0.2) is 4.98 Å². The van der Waals surface area contributed by atoms with Gasteiger partial charge in [-0.3, -0.25) is 9.59 Å². The van der Waals surface area contributed by atoms with Crippen LogP contribution in [0.5, 0.6) is 5.75 Å². The van der Waals surface area contributed by atoms with Crippen LogP contribution in [0.2, 0.25) is 0 Å². The van der Waals surface area contributed by atoms with Crippen molar-refractivity contribution in [3.63, 3.8) is 0 Å². The Labute approximate surface area is 232 Å². The molecule has 1 fully saturated rings. The Morgan fingerprint density at radius 2 is 1.95 bits per heavy atom. The first-order valence-electron chi connectivity index (χ1n) is 13.9. The number of anilines is 4. The molecule has 1 aliphatic carbocycles. The first kappa shape index (κ1) is 28.6. The molecule has 0 spiro atoms. The number of ether oxygens (including phenoxy) is 1. The van der Waals surface area contributed by atoms with Gasteiger partial charge in [0.1, 0.15) is 17.5 Å². The lowest BCUT2D eigenvalue weighted by molar-refractivity contribution is -0.120. The van der Waals surface area contributed by atoms with Crippen molar-refractivity contribution in [1.82, 2.24) is 20.2 Å². The third-order valence-electron chi connectivity index (χ3n) is 7.59. The second-order valence-electron chi connectivity index (χ2n) is 11.7. The molecule has 10 heteroatoms. The number of nitrogens with one attached hydrogen (secondary N) is 2. The number of aromatic nitrogens is 2. The number of carbonyl (C=O) groups excluding carboxylic acids is 2. The van der Waals surface area contributed by atoms with Crippen LogP contribution in [-0.2, 0) is 4.79 Å². The summed E-state index contributed by atoms with van der Waals surface area (Å²) in [4.78, 5) is 41.5. The molecule has 2 N–H and O–H groups in total. The van der Waals surface area contributed by atoms with E-state index < -0.39 is 0 Å². The lowest BCUT2D eigenvalue weighted by Gasteiger charge is -2.43. The van der Waals surface area contributed by atoms with E-state index in [4.69, 9.17) is 9.72 Å². The highest BCUT2D eigenvalue weighted by Gasteiger charge is 2.41. The van der Waals surface area contributed by atoms with E-state index in [0.29, 0.717) is 35.5 Å². The zero-order valence-electron chi connectivity index (χ0n) is 24.4. The zero-order valence-corrected chi connectivity index (χ0v) is 24.4. The highest BCUT2D eigenvalue weighted by atomic mass is 16.5. The minimum absolute atomic E-state index is 0.0592. The van der Waals surface area contributed by atoms with Crippen LogP contribution in [0, 0.1) is 5.41 Å². The van der Waals surface area contributed by atoms with E-state index in [2.05, 4.69) is 46.2 Å². The van der Waals surface area contributed by atoms with E-state index in [9.17, 15) is 9.59 Å². The van der Waals surface area contributed by atoms with Crippen LogP contribution < -0.4 is 25.2 Å². The van der Waals surface area contributed by atoms with E-state index in [1.165, 1.54) is 0 Å². The second kappa shape index (κ2) is 11.8. The molecule has 4 rings (SSSR count). The summed E-state index contributed by atoms with van der Waals surface area (Å²) in [7, 11) is 7.42. The van der Waals surface area contributed by atoms with Crippen molar-refractivity contribution < 1.29 is 14.3 Å². The Kier molecular flexibility index (Phi) is 8.64. The van der Waals surface area contributed by atoms with Gasteiger partial charge >= 0.3 is 0 Å². The van der Waals surface area contributed by atoms with E-state index in [1.54, 1.807) is 43.5 Å². The van der Waals surface area contributed by atoms with E-state index in [-0.39, 0.29) is 23.3 Å². The van der Waals surface area contributed by atoms with Crippen molar-refractivity contribution in [3.8, 4) is 5.75 Å². The molecule has 2 heterocycles. The van der Waals surface area contributed by atoms with Gasteiger partial charge in [0, 0.05) is 31.7 Å². The first-order valence-corrected chi connectivity index (χ1v) is 13.9. The maximum absolute atomic E-state index is 13.1. The number of likely N-dealkylation sites (N-methyl/N-ethyl adjacent to an activating group) is 1. The Balaban J connectivity index is 1.56. The standard InChI is InChI=1S/C29H43N7O3/c1-8-22-27(38)35(6)23-16-30-28(33-25(23)36(22)20-11-9-10-12-20)32-21-14-13-19(15-24(21)39-7)26(37)31-17-29(2,3)18-34(4)5/h13-16,20,22H,8-12,17-18H2,1-7H3,(H,31,37)(H,30,32,33)/t22-/m1/s1. The maximum Gasteiger partial charge on any atom is 0.251 e. The molecule has 0 radical (unpaired) electrons. The number of hydrogen-bond acceptors (Lipinski definition) is 8. The molecular formula is C29H43N7O3. The summed E-state index contributed by atoms with van der Waals surface area (Å²) in [5.41, 5.74) is 1.83. The average molecular weight is 538 g/mol. The van der Waals surface area contributed by atoms with E-state index in [1.807, 2.05) is 14.1 Å². The summed E-state index contributed by atoms with van der Waals surface area (Å²) < 4.78 is 5.62. The SMILES string of the molecule is CC[C@@H]1C(=O)N(C)c2cnc(Nc3ccc(C(=O)NCC(C)(C)CN(C)C)cc3OC)nc2N1C1CCCC1. The van der Waals surface area contributed by atoms with Crippen LogP contribution in [0.3, 0.4) is 0 Å². The zero-order chi connectivity index (χ0) is 28.3. The predicted molar refractivity (Wildman–Crippen MR) is 155 cm³/mol. The highest BCUT2D eigenvalue weighted by molar-refractivity contribution is 6.04. The number of amides is 2. The first-order chi connectivity index (χ1) is 18.5. The Morgan fingerprint density at radius 1 is 1.23 bits per heavy atom. The van der Waals surface area contributed by atoms with Gasteiger partial charge in [-0.15, -0.1) is 0 Å². The molecule has 1 aromatic heterocycles. The van der Waals surface area contributed by atoms with Gasteiger partial charge in [-0.05, 0) is 57.0 Å². The summed E-state index contributed by atoms with van der Waals surface area (Å²) in [5.74, 6) is 1.64. The van der Waals surface area contributed by atoms with Gasteiger partial charge < -0.3 is 30.1 Å². The minimum atomic E-state index is -0.233. The Morgan fingerprint density at radius 3 is 2.59 bits per heavy atom. The number of rotatable bonds is 10. The molecule has 1 aromatic carbocycles. The van der Waals surface area contributed by atoms with Crippen molar-refractivity contribution in [3.05, 3.63) is 30.0 Å². The number of fused-ring (bicyclic) bond motifs is 1. The molecular weight excluding hydrogens is 494 g/mol. The topological polar surface area (TPSA) is 103 Å². The van der Waals surface area contributed by atoms with Crippen molar-refractivity contribution in [2.24, 2.45) is 5.41 Å². The number of methoxy groups -OCH3 is 1. The summed E-state index contributed by atoms with van der Waals surface area (Å²) in [6.45, 7) is 7.73. The van der Waals surface area contributed by atoms with Gasteiger partial charge in [-0.2, -0.15) is 4.98 Å². The lowest BCUT2D eigenvalue weighted by Crippen LogP contribution is -2.55. The molecule has 1 saturated carbocycles. The number of hydrogen-bond donors (Lipinski definition) is 2. The van der Waals surface area contributed by atoms with Gasteiger partial charge in [0.15, 0.2) is 5.82 Å². The molecule has 2 amide bonds. The van der Waals surface area contributed by atoms with Gasteiger partial charge in [0.05, 0.1) is 19.0 Å². The molecule has 2 aromatic rings. The van der Waals surface area contributed by atoms with Gasteiger partial charge in [0.25, 0.3) is 5.91 Å². The summed E-state index contributed by atoms with van der Waals surface area (Å²) in [5, 5.41) is 6.32. The minimum Gasteiger partial charge on any atom is -0.495 e. The van der Waals surface area contributed by atoms with Crippen molar-refractivity contribution in [2.75, 3.05) is 56.5 Å². The van der Waals surface area contributed by atoms with E-state index >= 15 is 0 Å². The molecule has 1 atom stereocenters. The maximum atomic E-state index is 13.1. The van der Waals surface area contributed by atoms with Gasteiger partial charge in [-0.1, -0.05) is 33.6 Å². The summed E-state index contributed by atoms with van der Waals surface area (Å²) >= 11 is 0. The van der Waals surface area contributed by atoms with Crippen LogP contribution in [0.25, 0.3) is 0 Å². The lowest BCUT2D eigenvalue weighted by atomic mass is 9.93. The largest absolute Gasteiger partial charge is 0.495 e. The predicted octanol–water partition coefficient (Wildman–Crippen LogP) is 4.05. The average Bonchev–Trinajstić information content (AvgIpc) is 3.43. The highest BCUT2D eigenvalue weighted by Crippen LogP contribution is 2.40. The summed E-state index contributed by atoms with van der Waals surface area (Å²) in [6.07, 6.45) is 6.87. The molecule has 39 heavy (non-hydrogen) atoms. The normalized spacial score (nSPS) is 17.9. The smallest absolute Gasteiger partial charge is 0.251 e. The van der Waals surface area contributed by atoms with Crippen molar-refractivity contribution >= 4 is 35.0 Å². The Bertz CT molecular complexity index is 1190. The third kappa shape index (κ3) is 6.27. The van der Waals surface area contributed by atoms with Crippen LogP contribution in [0.1, 0.15) is 63.2 Å². The fraction of sp³-hybridized carbons (Fsp3) is 0.586. The third-order valence-corrected chi connectivity index (χ3v) is 7.59. The molecule has 0 saturated heterocycles. The number of nitrogens with zero attached hydrogens (tertiary/aromatic N) is 5. The summed E-state index contributed by atoms with van der Waals surface area (Å²) in [6, 6.07) is 5.36. The quantitative estimate of drug-likeness (QED) is 0.468. The van der Waals surface area contributed by atoms with Crippen LogP contribution in [0.15, 0.2) is 24.4 Å². The fourth-order valence-electron chi connectivity index (χ4n) is 5.83. The monoisotopic (exact) mass is 537 g/mol. The fourth-order valence-corrected chi connectivity index (χ4v) is 5.83. The molecule has 212 valence electrons. The van der Waals surface area contributed by atoms with Crippen LogP contribution in [-0.4, -0.2) is 80.1 Å². The molecule has 1 aliphatic heterocycles. The van der Waals surface area contributed by atoms with Crippen LogP contribution in [0.4, 0.5) is 23.1 Å². The molecule has 10 nitrogen and oxygen atoms in total. The molecule has 2 aliphatic rings. The second-order valence-corrected chi connectivity index (χ2v) is 11.7. The molecule has 0 unspecified atom stereocenters.